The van der Waals surface area contributed by atoms with Crippen molar-refractivity contribution in [2.24, 2.45) is 7.05 Å². The summed E-state index contributed by atoms with van der Waals surface area (Å²) in [6, 6.07) is 6.16. The highest BCUT2D eigenvalue weighted by Crippen LogP contribution is 2.31. The van der Waals surface area contributed by atoms with Gasteiger partial charge >= 0.3 is 0 Å². The number of aromatic nitrogens is 3. The second kappa shape index (κ2) is 9.15. The number of benzene rings is 1. The third-order valence-corrected chi connectivity index (χ3v) is 6.23. The smallest absolute Gasteiger partial charge is 0.191 e. The quantitative estimate of drug-likeness (QED) is 0.628. The third-order valence-electron chi connectivity index (χ3n) is 5.23. The predicted octanol–water partition coefficient (Wildman–Crippen LogP) is 2.41. The number of thioether (sulfide) groups is 1. The van der Waals surface area contributed by atoms with Crippen LogP contribution in [0.3, 0.4) is 0 Å². The molecule has 4 rings (SSSR count). The fourth-order valence-corrected chi connectivity index (χ4v) is 4.61. The minimum absolute atomic E-state index is 0.615. The lowest BCUT2D eigenvalue weighted by molar-refractivity contribution is 0.171. The molecule has 0 saturated carbocycles. The van der Waals surface area contributed by atoms with Gasteiger partial charge in [0.05, 0.1) is 6.54 Å². The molecule has 2 aromatic rings. The van der Waals surface area contributed by atoms with Crippen LogP contribution in [-0.2, 0) is 20.1 Å². The number of fused-ring (bicyclic) bond motifs is 1. The van der Waals surface area contributed by atoms with Crippen molar-refractivity contribution in [3.05, 3.63) is 29.6 Å². The maximum Gasteiger partial charge on any atom is 0.191 e. The van der Waals surface area contributed by atoms with E-state index in [9.17, 15) is 0 Å². The normalized spacial score (nSPS) is 16.8. The van der Waals surface area contributed by atoms with Crippen molar-refractivity contribution in [2.45, 2.75) is 31.1 Å². The number of ether oxygens (including phenoxy) is 2. The van der Waals surface area contributed by atoms with Crippen molar-refractivity contribution in [3.63, 3.8) is 0 Å². The molecule has 0 unspecified atom stereocenters. The number of hydrogen-bond donors (Lipinski definition) is 0. The van der Waals surface area contributed by atoms with Crippen molar-refractivity contribution in [3.8, 4) is 11.5 Å². The summed E-state index contributed by atoms with van der Waals surface area (Å²) >= 11 is 1.80. The van der Waals surface area contributed by atoms with E-state index in [-0.39, 0.29) is 0 Å². The van der Waals surface area contributed by atoms with Gasteiger partial charge < -0.3 is 18.9 Å². The van der Waals surface area contributed by atoms with E-state index in [4.69, 9.17) is 9.47 Å². The van der Waals surface area contributed by atoms with E-state index >= 15 is 0 Å². The van der Waals surface area contributed by atoms with E-state index in [1.165, 1.54) is 31.5 Å². The Morgan fingerprint density at radius 3 is 2.68 bits per heavy atom. The van der Waals surface area contributed by atoms with E-state index in [2.05, 4.69) is 50.8 Å². The summed E-state index contributed by atoms with van der Waals surface area (Å²) in [5, 5.41) is 9.80. The maximum absolute atomic E-state index is 5.68. The molecule has 2 aliphatic rings. The Morgan fingerprint density at radius 2 is 1.86 bits per heavy atom. The Balaban J connectivity index is 1.29. The van der Waals surface area contributed by atoms with Crippen LogP contribution in [0.15, 0.2) is 23.4 Å². The molecule has 1 saturated heterocycles. The largest absolute Gasteiger partial charge is 0.486 e. The number of likely N-dealkylation sites (tertiary alicyclic amines) is 1. The van der Waals surface area contributed by atoms with Gasteiger partial charge in [0.15, 0.2) is 16.7 Å². The van der Waals surface area contributed by atoms with Gasteiger partial charge in [0, 0.05) is 25.9 Å². The molecule has 28 heavy (non-hydrogen) atoms. The molecule has 1 aromatic heterocycles. The summed E-state index contributed by atoms with van der Waals surface area (Å²) in [7, 11) is 4.16. The molecule has 7 nitrogen and oxygen atoms in total. The molecule has 0 aliphatic carbocycles. The molecular weight excluding hydrogens is 374 g/mol. The lowest BCUT2D eigenvalue weighted by Crippen LogP contribution is -2.22. The fraction of sp³-hybridized carbons (Fsp3) is 0.600. The van der Waals surface area contributed by atoms with E-state index in [1.807, 2.05) is 6.07 Å². The van der Waals surface area contributed by atoms with Gasteiger partial charge in [-0.15, -0.1) is 10.2 Å². The molecule has 0 radical (unpaired) electrons. The highest BCUT2D eigenvalue weighted by Gasteiger charge is 2.16. The highest BCUT2D eigenvalue weighted by atomic mass is 32.2. The Hall–Kier alpha value is -1.77. The molecule has 0 bridgehead atoms. The molecule has 0 atom stereocenters. The first kappa shape index (κ1) is 19.5. The van der Waals surface area contributed by atoms with Crippen LogP contribution in [0.5, 0.6) is 11.5 Å². The molecule has 0 spiro atoms. The monoisotopic (exact) mass is 403 g/mol. The first-order valence-corrected chi connectivity index (χ1v) is 11.0. The van der Waals surface area contributed by atoms with Crippen LogP contribution in [0, 0.1) is 0 Å². The van der Waals surface area contributed by atoms with Gasteiger partial charge in [0.25, 0.3) is 0 Å². The summed E-state index contributed by atoms with van der Waals surface area (Å²) < 4.78 is 13.4. The summed E-state index contributed by atoms with van der Waals surface area (Å²) in [5.41, 5.74) is 1.20. The van der Waals surface area contributed by atoms with Gasteiger partial charge in [-0.25, -0.2) is 0 Å². The summed E-state index contributed by atoms with van der Waals surface area (Å²) in [6.07, 6.45) is 2.68. The molecule has 3 heterocycles. The van der Waals surface area contributed by atoms with Crippen LogP contribution in [0.1, 0.15) is 24.2 Å². The number of rotatable bonds is 8. The maximum atomic E-state index is 5.68. The molecule has 0 N–H and O–H groups in total. The first-order chi connectivity index (χ1) is 13.7. The van der Waals surface area contributed by atoms with E-state index in [1.54, 1.807) is 11.8 Å². The minimum atomic E-state index is 0.615. The van der Waals surface area contributed by atoms with Gasteiger partial charge in [-0.1, -0.05) is 17.8 Å². The van der Waals surface area contributed by atoms with E-state index < -0.39 is 0 Å². The van der Waals surface area contributed by atoms with Crippen molar-refractivity contribution in [1.82, 2.24) is 24.6 Å². The molecule has 152 valence electrons. The van der Waals surface area contributed by atoms with Gasteiger partial charge in [0.1, 0.15) is 19.0 Å². The van der Waals surface area contributed by atoms with Crippen LogP contribution in [0.4, 0.5) is 0 Å². The topological polar surface area (TPSA) is 55.7 Å². The zero-order chi connectivity index (χ0) is 19.3. The van der Waals surface area contributed by atoms with Gasteiger partial charge in [-0.3, -0.25) is 4.90 Å². The van der Waals surface area contributed by atoms with E-state index in [0.29, 0.717) is 13.2 Å². The zero-order valence-corrected chi connectivity index (χ0v) is 17.6. The van der Waals surface area contributed by atoms with Crippen LogP contribution in [-0.4, -0.2) is 70.2 Å². The predicted molar refractivity (Wildman–Crippen MR) is 110 cm³/mol. The Morgan fingerprint density at radius 1 is 1.07 bits per heavy atom. The molecule has 8 heteroatoms. The highest BCUT2D eigenvalue weighted by molar-refractivity contribution is 7.99. The SMILES string of the molecule is CN(Cc1ccc2c(c1)OCCO2)Cc1nnc(SCCN2CCCC2)n1C. The second-order valence-corrected chi connectivity index (χ2v) is 8.57. The average molecular weight is 404 g/mol. The van der Waals surface area contributed by atoms with Gasteiger partial charge in [-0.05, 0) is 50.7 Å². The fourth-order valence-electron chi connectivity index (χ4n) is 3.68. The second-order valence-electron chi connectivity index (χ2n) is 7.51. The Labute approximate surface area is 171 Å². The Kier molecular flexibility index (Phi) is 6.39. The number of nitrogens with zero attached hydrogens (tertiary/aromatic N) is 5. The summed E-state index contributed by atoms with van der Waals surface area (Å²) in [6.45, 7) is 6.44. The van der Waals surface area contributed by atoms with Crippen molar-refractivity contribution >= 4 is 11.8 Å². The molecule has 0 amide bonds. The zero-order valence-electron chi connectivity index (χ0n) is 16.8. The van der Waals surface area contributed by atoms with Crippen LogP contribution in [0.2, 0.25) is 0 Å². The van der Waals surface area contributed by atoms with E-state index in [0.717, 1.165) is 47.9 Å². The van der Waals surface area contributed by atoms with Crippen LogP contribution >= 0.6 is 11.8 Å². The lowest BCUT2D eigenvalue weighted by atomic mass is 10.2. The third kappa shape index (κ3) is 4.79. The van der Waals surface area contributed by atoms with Crippen LogP contribution < -0.4 is 9.47 Å². The van der Waals surface area contributed by atoms with Gasteiger partial charge in [-0.2, -0.15) is 0 Å². The van der Waals surface area contributed by atoms with Crippen molar-refractivity contribution < 1.29 is 9.47 Å². The summed E-state index contributed by atoms with van der Waals surface area (Å²) in [5.74, 6) is 3.73. The van der Waals surface area contributed by atoms with Gasteiger partial charge in [0.2, 0.25) is 0 Å². The number of hydrogen-bond acceptors (Lipinski definition) is 7. The first-order valence-electron chi connectivity index (χ1n) is 9.99. The lowest BCUT2D eigenvalue weighted by Gasteiger charge is -2.21. The molecular formula is C20H29N5O2S. The van der Waals surface area contributed by atoms with Crippen molar-refractivity contribution in [1.29, 1.82) is 0 Å². The Bertz CT molecular complexity index is 791. The minimum Gasteiger partial charge on any atom is -0.486 e. The molecule has 1 fully saturated rings. The molecule has 2 aliphatic heterocycles. The summed E-state index contributed by atoms with van der Waals surface area (Å²) in [4.78, 5) is 4.78. The van der Waals surface area contributed by atoms with Crippen molar-refractivity contribution in [2.75, 3.05) is 45.6 Å². The standard InChI is InChI=1S/C20H29N5O2S/c1-23(14-16-5-6-17-18(13-16)27-11-10-26-17)15-19-21-22-20(24(19)2)28-12-9-25-7-3-4-8-25/h5-6,13H,3-4,7-12,14-15H2,1-2H3. The van der Waals surface area contributed by atoms with Crippen LogP contribution in [0.25, 0.3) is 0 Å². The molecule has 1 aromatic carbocycles. The average Bonchev–Trinajstić information content (AvgIpc) is 3.33.